The quantitative estimate of drug-likeness (QED) is 0.309. The molecule has 0 aliphatic carbocycles. The van der Waals surface area contributed by atoms with Crippen molar-refractivity contribution in [2.24, 2.45) is 0 Å². The van der Waals surface area contributed by atoms with Crippen LogP contribution in [0, 0.1) is 4.84 Å². The van der Waals surface area contributed by atoms with Gasteiger partial charge in [0, 0.05) is 41.8 Å². The van der Waals surface area contributed by atoms with E-state index in [1.165, 1.54) is 0 Å². The van der Waals surface area contributed by atoms with E-state index < -0.39 is 0 Å². The molecule has 0 saturated carbocycles. The van der Waals surface area contributed by atoms with E-state index in [2.05, 4.69) is 34.0 Å². The maximum atomic E-state index is 6.18. The Morgan fingerprint density at radius 1 is 1.18 bits per heavy atom. The molecule has 0 amide bonds. The fourth-order valence-electron chi connectivity index (χ4n) is 3.90. The molecule has 7 nitrogen and oxygen atoms in total. The van der Waals surface area contributed by atoms with Crippen LogP contribution >= 0.6 is 35.4 Å². The normalized spacial score (nSPS) is 16.2. The number of aromatic amines is 1. The van der Waals surface area contributed by atoms with Crippen molar-refractivity contribution in [1.29, 1.82) is 0 Å². The Morgan fingerprint density at radius 3 is 2.70 bits per heavy atom. The van der Waals surface area contributed by atoms with Crippen LogP contribution in [0.1, 0.15) is 25.8 Å². The zero-order chi connectivity index (χ0) is 23.5. The monoisotopic (exact) mass is 508 g/mol. The van der Waals surface area contributed by atoms with Crippen LogP contribution in [0.3, 0.4) is 0 Å². The molecular weight excluding hydrogens is 483 g/mol. The maximum absolute atomic E-state index is 6.18. The van der Waals surface area contributed by atoms with Gasteiger partial charge in [0.05, 0.1) is 12.6 Å². The van der Waals surface area contributed by atoms with Crippen molar-refractivity contribution in [3.63, 3.8) is 0 Å². The van der Waals surface area contributed by atoms with Crippen LogP contribution < -0.4 is 15.0 Å². The summed E-state index contributed by atoms with van der Waals surface area (Å²) in [6.07, 6.45) is 2.03. The highest BCUT2D eigenvalue weighted by molar-refractivity contribution is 7.71. The minimum Gasteiger partial charge on any atom is -0.493 e. The number of aryl methyl sites for hydroxylation is 1. The number of aromatic nitrogens is 2. The predicted octanol–water partition coefficient (Wildman–Crippen LogP) is 6.38. The van der Waals surface area contributed by atoms with Crippen molar-refractivity contribution in [1.82, 2.24) is 15.3 Å². The SMILES string of the molecule is CCCc1cc(Cl)cc2nc(N3CCNC[C@@H]3C)oc12.COc1cc(Cl)cc2[nH]c(=S)oc12. The fourth-order valence-corrected chi connectivity index (χ4v) is 4.54. The number of nitrogens with zero attached hydrogens (tertiary/aromatic N) is 2. The lowest BCUT2D eigenvalue weighted by molar-refractivity contribution is 0.409. The number of benzene rings is 2. The number of fused-ring (bicyclic) bond motifs is 2. The molecular formula is C23H26Cl2N4O3S. The summed E-state index contributed by atoms with van der Waals surface area (Å²) in [5.41, 5.74) is 4.24. The highest BCUT2D eigenvalue weighted by Crippen LogP contribution is 2.31. The second-order valence-corrected chi connectivity index (χ2v) is 9.15. The molecule has 1 saturated heterocycles. The Kier molecular flexibility index (Phi) is 7.48. The van der Waals surface area contributed by atoms with E-state index in [-0.39, 0.29) is 0 Å². The van der Waals surface area contributed by atoms with E-state index in [0.29, 0.717) is 33.2 Å². The lowest BCUT2D eigenvalue weighted by Crippen LogP contribution is -2.50. The zero-order valence-corrected chi connectivity index (χ0v) is 21.0. The van der Waals surface area contributed by atoms with Gasteiger partial charge in [-0.2, -0.15) is 4.98 Å². The second-order valence-electron chi connectivity index (χ2n) is 7.91. The van der Waals surface area contributed by atoms with Gasteiger partial charge in [-0.25, -0.2) is 0 Å². The summed E-state index contributed by atoms with van der Waals surface area (Å²) in [6, 6.07) is 8.39. The molecule has 1 aliphatic heterocycles. The summed E-state index contributed by atoms with van der Waals surface area (Å²) < 4.78 is 16.3. The number of anilines is 1. The van der Waals surface area contributed by atoms with Crippen molar-refractivity contribution in [2.45, 2.75) is 32.7 Å². The molecule has 0 bridgehead atoms. The number of nitrogens with one attached hydrogen (secondary N) is 2. The van der Waals surface area contributed by atoms with E-state index in [1.54, 1.807) is 19.2 Å². The summed E-state index contributed by atoms with van der Waals surface area (Å²) in [7, 11) is 1.55. The minimum absolute atomic E-state index is 0.315. The van der Waals surface area contributed by atoms with E-state index in [0.717, 1.165) is 59.7 Å². The van der Waals surface area contributed by atoms with Crippen LogP contribution in [0.5, 0.6) is 5.75 Å². The molecule has 1 fully saturated rings. The van der Waals surface area contributed by atoms with Gasteiger partial charge in [0.15, 0.2) is 16.9 Å². The summed E-state index contributed by atoms with van der Waals surface area (Å²) in [5, 5.41) is 4.69. The molecule has 0 unspecified atom stereocenters. The molecule has 1 aliphatic rings. The number of rotatable bonds is 4. The lowest BCUT2D eigenvalue weighted by atomic mass is 10.1. The summed E-state index contributed by atoms with van der Waals surface area (Å²) in [4.78, 5) is 10.0. The molecule has 3 heterocycles. The number of hydrogen-bond acceptors (Lipinski definition) is 7. The van der Waals surface area contributed by atoms with Crippen LogP contribution in [0.2, 0.25) is 10.0 Å². The minimum atomic E-state index is 0.315. The van der Waals surface area contributed by atoms with Gasteiger partial charge < -0.3 is 28.8 Å². The Morgan fingerprint density at radius 2 is 1.97 bits per heavy atom. The average molecular weight is 509 g/mol. The first-order chi connectivity index (χ1) is 15.9. The van der Waals surface area contributed by atoms with Crippen LogP contribution in [0.15, 0.2) is 33.1 Å². The summed E-state index contributed by atoms with van der Waals surface area (Å²) >= 11 is 16.9. The average Bonchev–Trinajstić information content (AvgIpc) is 3.36. The van der Waals surface area contributed by atoms with Crippen molar-refractivity contribution in [2.75, 3.05) is 31.6 Å². The third kappa shape index (κ3) is 5.30. The van der Waals surface area contributed by atoms with Crippen molar-refractivity contribution >= 4 is 63.6 Å². The summed E-state index contributed by atoms with van der Waals surface area (Å²) in [6.45, 7) is 7.18. The van der Waals surface area contributed by atoms with E-state index in [1.807, 2.05) is 12.1 Å². The number of H-pyrrole nitrogens is 1. The summed E-state index contributed by atoms with van der Waals surface area (Å²) in [5.74, 6) is 0.579. The van der Waals surface area contributed by atoms with Gasteiger partial charge >= 0.3 is 0 Å². The van der Waals surface area contributed by atoms with Crippen molar-refractivity contribution < 1.29 is 13.6 Å². The van der Waals surface area contributed by atoms with Crippen LogP contribution in [0.4, 0.5) is 6.01 Å². The second kappa shape index (κ2) is 10.3. The van der Waals surface area contributed by atoms with Gasteiger partial charge in [0.25, 0.3) is 10.9 Å². The Labute approximate surface area is 207 Å². The predicted molar refractivity (Wildman–Crippen MR) is 136 cm³/mol. The molecule has 2 N–H and O–H groups in total. The number of hydrogen-bond donors (Lipinski definition) is 2. The molecule has 176 valence electrons. The smallest absolute Gasteiger partial charge is 0.298 e. The largest absolute Gasteiger partial charge is 0.493 e. The Balaban J connectivity index is 0.000000172. The van der Waals surface area contributed by atoms with Crippen molar-refractivity contribution in [3.8, 4) is 5.75 Å². The van der Waals surface area contributed by atoms with Gasteiger partial charge in [-0.15, -0.1) is 0 Å². The number of oxazole rings is 2. The molecule has 10 heteroatoms. The third-order valence-corrected chi connectivity index (χ3v) is 6.08. The highest BCUT2D eigenvalue weighted by Gasteiger charge is 2.23. The Hall–Kier alpha value is -2.26. The molecule has 4 aromatic rings. The third-order valence-electron chi connectivity index (χ3n) is 5.46. The van der Waals surface area contributed by atoms with E-state index in [4.69, 9.17) is 49.0 Å². The molecule has 0 spiro atoms. The lowest BCUT2D eigenvalue weighted by Gasteiger charge is -2.32. The molecule has 5 rings (SSSR count). The molecule has 0 radical (unpaired) electrons. The van der Waals surface area contributed by atoms with E-state index in [9.17, 15) is 0 Å². The number of methoxy groups -OCH3 is 1. The number of halogens is 2. The van der Waals surface area contributed by atoms with Crippen LogP contribution in [-0.2, 0) is 6.42 Å². The topological polar surface area (TPSA) is 79.5 Å². The van der Waals surface area contributed by atoms with Gasteiger partial charge in [-0.1, -0.05) is 36.5 Å². The van der Waals surface area contributed by atoms with Gasteiger partial charge in [0.2, 0.25) is 0 Å². The molecule has 2 aromatic carbocycles. The number of ether oxygens (including phenoxy) is 1. The highest BCUT2D eigenvalue weighted by atomic mass is 35.5. The fraction of sp³-hybridized carbons (Fsp3) is 0.391. The van der Waals surface area contributed by atoms with Crippen LogP contribution in [-0.4, -0.2) is 42.8 Å². The first kappa shape index (κ1) is 23.9. The molecule has 1 atom stereocenters. The van der Waals surface area contributed by atoms with Crippen LogP contribution in [0.25, 0.3) is 22.2 Å². The first-order valence-corrected chi connectivity index (χ1v) is 12.0. The Bertz CT molecular complexity index is 1320. The van der Waals surface area contributed by atoms with Gasteiger partial charge in [-0.05, 0) is 49.3 Å². The molecule has 33 heavy (non-hydrogen) atoms. The van der Waals surface area contributed by atoms with Gasteiger partial charge in [-0.3, -0.25) is 0 Å². The van der Waals surface area contributed by atoms with Gasteiger partial charge in [0.1, 0.15) is 5.52 Å². The standard InChI is InChI=1S/C15H20ClN3O.C8H6ClNO2S/c1-3-4-11-7-12(16)8-13-14(11)20-15(18-13)19-6-5-17-9-10(19)2;1-11-6-3-4(9)2-5-7(6)12-8(13)10-5/h7-8,10,17H,3-6,9H2,1-2H3;2-3H,1H3,(H,10,13)/t10-;/m0./s1. The maximum Gasteiger partial charge on any atom is 0.298 e. The number of piperazine rings is 1. The van der Waals surface area contributed by atoms with Crippen molar-refractivity contribution in [3.05, 3.63) is 44.7 Å². The molecule has 2 aromatic heterocycles. The first-order valence-electron chi connectivity index (χ1n) is 10.8. The zero-order valence-electron chi connectivity index (χ0n) is 18.7. The van der Waals surface area contributed by atoms with E-state index >= 15 is 0 Å².